The van der Waals surface area contributed by atoms with Gasteiger partial charge in [0.1, 0.15) is 11.6 Å². The summed E-state index contributed by atoms with van der Waals surface area (Å²) in [4.78, 5) is 18.9. The fourth-order valence-electron chi connectivity index (χ4n) is 3.19. The fourth-order valence-corrected chi connectivity index (χ4v) is 3.19. The van der Waals surface area contributed by atoms with Crippen LogP contribution >= 0.6 is 0 Å². The van der Waals surface area contributed by atoms with Gasteiger partial charge in [0, 0.05) is 25.3 Å². The van der Waals surface area contributed by atoms with Crippen molar-refractivity contribution in [2.24, 2.45) is 0 Å². The number of ether oxygens (including phenoxy) is 1. The Labute approximate surface area is 148 Å². The number of hydrogen-bond acceptors (Lipinski definition) is 4. The summed E-state index contributed by atoms with van der Waals surface area (Å²) in [6, 6.07) is 7.94. The summed E-state index contributed by atoms with van der Waals surface area (Å²) < 4.78 is 7.41. The minimum Gasteiger partial charge on any atom is -0.497 e. The van der Waals surface area contributed by atoms with Crippen LogP contribution in [0.3, 0.4) is 0 Å². The maximum absolute atomic E-state index is 12.2. The Morgan fingerprint density at radius 1 is 1.24 bits per heavy atom. The molecule has 1 aromatic heterocycles. The van der Waals surface area contributed by atoms with Gasteiger partial charge in [0.05, 0.1) is 25.9 Å². The second kappa shape index (κ2) is 7.70. The van der Waals surface area contributed by atoms with Crippen LogP contribution in [0, 0.1) is 13.8 Å². The summed E-state index contributed by atoms with van der Waals surface area (Å²) >= 11 is 0. The lowest BCUT2D eigenvalue weighted by atomic mass is 10.1. The highest BCUT2D eigenvalue weighted by Crippen LogP contribution is 2.16. The lowest BCUT2D eigenvalue weighted by Crippen LogP contribution is -2.42. The number of rotatable bonds is 6. The van der Waals surface area contributed by atoms with Gasteiger partial charge in [-0.2, -0.15) is 0 Å². The van der Waals surface area contributed by atoms with Crippen LogP contribution in [0.4, 0.5) is 0 Å². The second-order valence-electron chi connectivity index (χ2n) is 6.51. The van der Waals surface area contributed by atoms with E-state index in [-0.39, 0.29) is 5.91 Å². The van der Waals surface area contributed by atoms with Crippen molar-refractivity contribution in [2.45, 2.75) is 33.4 Å². The highest BCUT2D eigenvalue weighted by Gasteiger charge is 2.21. The first-order valence-corrected chi connectivity index (χ1v) is 8.71. The molecule has 2 heterocycles. The fraction of sp³-hybridized carbons (Fsp3) is 0.474. The van der Waals surface area contributed by atoms with Crippen molar-refractivity contribution in [1.82, 2.24) is 19.8 Å². The number of nitrogens with one attached hydrogen (secondary N) is 1. The maximum atomic E-state index is 12.2. The topological polar surface area (TPSA) is 59.4 Å². The van der Waals surface area contributed by atoms with E-state index in [4.69, 9.17) is 4.74 Å². The predicted molar refractivity (Wildman–Crippen MR) is 96.7 cm³/mol. The molecule has 2 aromatic rings. The summed E-state index contributed by atoms with van der Waals surface area (Å²) in [5, 5.41) is 3.01. The van der Waals surface area contributed by atoms with Crippen LogP contribution < -0.4 is 10.1 Å². The van der Waals surface area contributed by atoms with Gasteiger partial charge in [-0.25, -0.2) is 4.98 Å². The molecule has 0 saturated carbocycles. The first-order chi connectivity index (χ1) is 12.1. The lowest BCUT2D eigenvalue weighted by molar-refractivity contribution is -0.122. The van der Waals surface area contributed by atoms with Crippen molar-refractivity contribution in [3.05, 3.63) is 47.0 Å². The summed E-state index contributed by atoms with van der Waals surface area (Å²) in [5.74, 6) is 1.98. The minimum absolute atomic E-state index is 0.0713. The second-order valence-corrected chi connectivity index (χ2v) is 6.51. The third kappa shape index (κ3) is 4.20. The van der Waals surface area contributed by atoms with Crippen LogP contribution in [0.25, 0.3) is 0 Å². The van der Waals surface area contributed by atoms with Crippen molar-refractivity contribution in [1.29, 1.82) is 0 Å². The van der Waals surface area contributed by atoms with Crippen molar-refractivity contribution >= 4 is 5.91 Å². The van der Waals surface area contributed by atoms with Crippen LogP contribution in [0.5, 0.6) is 5.75 Å². The molecule has 3 rings (SSSR count). The number of aryl methyl sites for hydroxylation is 1. The number of methoxy groups -OCH3 is 1. The highest BCUT2D eigenvalue weighted by atomic mass is 16.5. The summed E-state index contributed by atoms with van der Waals surface area (Å²) in [5.41, 5.74) is 3.51. The van der Waals surface area contributed by atoms with Crippen LogP contribution in [0.1, 0.15) is 22.8 Å². The molecule has 0 atom stereocenters. The number of nitrogens with zero attached hydrogens (tertiary/aromatic N) is 3. The van der Waals surface area contributed by atoms with Gasteiger partial charge in [0.15, 0.2) is 0 Å². The van der Waals surface area contributed by atoms with Crippen molar-refractivity contribution in [3.63, 3.8) is 0 Å². The minimum atomic E-state index is 0.0713. The molecule has 1 aromatic carbocycles. The van der Waals surface area contributed by atoms with E-state index in [1.165, 1.54) is 11.3 Å². The van der Waals surface area contributed by atoms with Crippen molar-refractivity contribution < 1.29 is 9.53 Å². The molecule has 134 valence electrons. The molecule has 0 bridgehead atoms. The average molecular weight is 342 g/mol. The monoisotopic (exact) mass is 342 g/mol. The molecule has 25 heavy (non-hydrogen) atoms. The molecular weight excluding hydrogens is 316 g/mol. The van der Waals surface area contributed by atoms with Gasteiger partial charge >= 0.3 is 0 Å². The SMILES string of the molecule is COc1ccc(CCNC(=O)CN2CCn3c(nc(C)c3C)C2)cc1. The Morgan fingerprint density at radius 3 is 2.72 bits per heavy atom. The Hall–Kier alpha value is -2.34. The molecule has 0 spiro atoms. The standard InChI is InChI=1S/C19H26N4O2/c1-14-15(2)23-11-10-22(12-18(23)21-14)13-19(24)20-9-8-16-4-6-17(25-3)7-5-16/h4-7H,8-13H2,1-3H3,(H,20,24). The molecule has 6 heteroatoms. The number of fused-ring (bicyclic) bond motifs is 1. The number of benzene rings is 1. The van der Waals surface area contributed by atoms with Crippen molar-refractivity contribution in [2.75, 3.05) is 26.7 Å². The first-order valence-electron chi connectivity index (χ1n) is 8.71. The molecule has 0 fully saturated rings. The van der Waals surface area contributed by atoms with Gasteiger partial charge in [-0.3, -0.25) is 9.69 Å². The third-order valence-corrected chi connectivity index (χ3v) is 4.80. The molecule has 6 nitrogen and oxygen atoms in total. The number of amides is 1. The molecular formula is C19H26N4O2. The van der Waals surface area contributed by atoms with Crippen LogP contribution in [0.15, 0.2) is 24.3 Å². The van der Waals surface area contributed by atoms with E-state index in [2.05, 4.69) is 26.7 Å². The van der Waals surface area contributed by atoms with E-state index in [0.717, 1.165) is 43.3 Å². The van der Waals surface area contributed by atoms with Gasteiger partial charge in [-0.15, -0.1) is 0 Å². The Bertz CT molecular complexity index is 737. The van der Waals surface area contributed by atoms with E-state index < -0.39 is 0 Å². The van der Waals surface area contributed by atoms with E-state index in [1.807, 2.05) is 31.2 Å². The Kier molecular flexibility index (Phi) is 5.38. The Balaban J connectivity index is 1.43. The van der Waals surface area contributed by atoms with Gasteiger partial charge in [-0.05, 0) is 38.0 Å². The summed E-state index contributed by atoms with van der Waals surface area (Å²) in [6.07, 6.45) is 0.818. The molecule has 0 unspecified atom stereocenters. The molecule has 1 amide bonds. The third-order valence-electron chi connectivity index (χ3n) is 4.80. The normalized spacial score (nSPS) is 14.2. The van der Waals surface area contributed by atoms with Gasteiger partial charge < -0.3 is 14.6 Å². The summed E-state index contributed by atoms with van der Waals surface area (Å²) in [6.45, 7) is 7.74. The predicted octanol–water partition coefficient (Wildman–Crippen LogP) is 1.68. The lowest BCUT2D eigenvalue weighted by Gasteiger charge is -2.27. The van der Waals surface area contributed by atoms with Crippen LogP contribution in [-0.4, -0.2) is 47.1 Å². The molecule has 1 N–H and O–H groups in total. The molecule has 1 aliphatic rings. The number of hydrogen-bond donors (Lipinski definition) is 1. The smallest absolute Gasteiger partial charge is 0.234 e. The van der Waals surface area contributed by atoms with Gasteiger partial charge in [-0.1, -0.05) is 12.1 Å². The summed E-state index contributed by atoms with van der Waals surface area (Å²) in [7, 11) is 1.66. The van der Waals surface area contributed by atoms with E-state index in [1.54, 1.807) is 7.11 Å². The Morgan fingerprint density at radius 2 is 2.00 bits per heavy atom. The zero-order valence-electron chi connectivity index (χ0n) is 15.2. The van der Waals surface area contributed by atoms with E-state index >= 15 is 0 Å². The average Bonchev–Trinajstić information content (AvgIpc) is 2.89. The van der Waals surface area contributed by atoms with E-state index in [0.29, 0.717) is 13.1 Å². The van der Waals surface area contributed by atoms with Crippen molar-refractivity contribution in [3.8, 4) is 5.75 Å². The van der Waals surface area contributed by atoms with Gasteiger partial charge in [0.25, 0.3) is 0 Å². The highest BCUT2D eigenvalue weighted by molar-refractivity contribution is 5.78. The molecule has 0 aliphatic carbocycles. The number of carbonyl (C=O) groups is 1. The number of imidazole rings is 1. The van der Waals surface area contributed by atoms with Gasteiger partial charge in [0.2, 0.25) is 5.91 Å². The molecule has 0 saturated heterocycles. The number of aromatic nitrogens is 2. The van der Waals surface area contributed by atoms with Crippen LogP contribution in [0.2, 0.25) is 0 Å². The van der Waals surface area contributed by atoms with E-state index in [9.17, 15) is 4.79 Å². The molecule has 0 radical (unpaired) electrons. The quantitative estimate of drug-likeness (QED) is 0.868. The zero-order valence-corrected chi connectivity index (χ0v) is 15.2. The largest absolute Gasteiger partial charge is 0.497 e. The maximum Gasteiger partial charge on any atom is 0.234 e. The van der Waals surface area contributed by atoms with Crippen LogP contribution in [-0.2, 0) is 24.3 Å². The zero-order chi connectivity index (χ0) is 17.8. The first kappa shape index (κ1) is 17.5. The number of carbonyl (C=O) groups excluding carboxylic acids is 1. The molecule has 1 aliphatic heterocycles.